The maximum atomic E-state index is 11.1. The second-order valence-electron chi connectivity index (χ2n) is 9.84. The van der Waals surface area contributed by atoms with Gasteiger partial charge in [-0.1, -0.05) is 48.2 Å². The van der Waals surface area contributed by atoms with Crippen molar-refractivity contribution >= 4 is 10.3 Å². The van der Waals surface area contributed by atoms with Crippen LogP contribution in [0.5, 0.6) is 5.75 Å². The summed E-state index contributed by atoms with van der Waals surface area (Å²) in [4.78, 5) is 7.32. The van der Waals surface area contributed by atoms with E-state index in [4.69, 9.17) is 14.1 Å². The van der Waals surface area contributed by atoms with Crippen LogP contribution in [0.4, 0.5) is 0 Å². The van der Waals surface area contributed by atoms with Crippen LogP contribution in [0.15, 0.2) is 48.5 Å². The topological polar surface area (TPSA) is 84.9 Å². The predicted octanol–water partition coefficient (Wildman–Crippen LogP) is 4.81. The minimum absolute atomic E-state index is 0.0743. The van der Waals surface area contributed by atoms with Crippen molar-refractivity contribution in [3.63, 3.8) is 0 Å². The molecule has 172 valence electrons. The summed E-state index contributed by atoms with van der Waals surface area (Å²) in [7, 11) is -4.35. The van der Waals surface area contributed by atoms with Gasteiger partial charge >= 0.3 is 10.3 Å². The first kappa shape index (κ1) is 21.9. The maximum absolute atomic E-state index is 11.1. The SMILES string of the molecule is C[C@]12CC[C@@H]3c4ccc(OCc5ccccc5)cc4CC[C@H]3[C@@H]1CC[C@H]2ONS(=O)(=O)O. The first-order chi connectivity index (χ1) is 15.3. The van der Waals surface area contributed by atoms with Gasteiger partial charge in [0.05, 0.1) is 6.10 Å². The van der Waals surface area contributed by atoms with E-state index in [1.807, 2.05) is 23.1 Å². The Hall–Kier alpha value is -1.93. The summed E-state index contributed by atoms with van der Waals surface area (Å²) in [6, 6.07) is 16.8. The Kier molecular flexibility index (Phi) is 5.78. The van der Waals surface area contributed by atoms with Crippen LogP contribution in [0.3, 0.4) is 0 Å². The number of aryl methyl sites for hydroxylation is 1. The third-order valence-corrected chi connectivity index (χ3v) is 8.46. The highest BCUT2D eigenvalue weighted by Gasteiger charge is 2.55. The highest BCUT2D eigenvalue weighted by atomic mass is 32.2. The van der Waals surface area contributed by atoms with Crippen LogP contribution in [0.1, 0.15) is 61.6 Å². The third-order valence-electron chi connectivity index (χ3n) is 8.16. The van der Waals surface area contributed by atoms with Gasteiger partial charge in [0.15, 0.2) is 0 Å². The smallest absolute Gasteiger partial charge is 0.355 e. The Bertz CT molecular complexity index is 1070. The van der Waals surface area contributed by atoms with E-state index < -0.39 is 10.3 Å². The number of benzene rings is 2. The van der Waals surface area contributed by atoms with Crippen molar-refractivity contribution < 1.29 is 22.5 Å². The molecule has 5 rings (SSSR count). The van der Waals surface area contributed by atoms with E-state index in [0.717, 1.165) is 44.3 Å². The lowest BCUT2D eigenvalue weighted by Gasteiger charge is -2.50. The van der Waals surface area contributed by atoms with Gasteiger partial charge in [-0.3, -0.25) is 9.39 Å². The van der Waals surface area contributed by atoms with Gasteiger partial charge in [-0.05, 0) is 90.5 Å². The van der Waals surface area contributed by atoms with Gasteiger partial charge in [0.2, 0.25) is 0 Å². The van der Waals surface area contributed by atoms with Gasteiger partial charge in [-0.15, -0.1) is 0 Å². The first-order valence-corrected chi connectivity index (χ1v) is 13.0. The molecule has 0 spiro atoms. The van der Waals surface area contributed by atoms with Crippen LogP contribution in [-0.4, -0.2) is 19.1 Å². The van der Waals surface area contributed by atoms with Crippen molar-refractivity contribution in [1.29, 1.82) is 0 Å². The van der Waals surface area contributed by atoms with Gasteiger partial charge in [-0.25, -0.2) is 0 Å². The van der Waals surface area contributed by atoms with E-state index in [9.17, 15) is 8.42 Å². The Morgan fingerprint density at radius 2 is 1.91 bits per heavy atom. The zero-order chi connectivity index (χ0) is 22.3. The molecular weight excluding hydrogens is 426 g/mol. The lowest BCUT2D eigenvalue weighted by atomic mass is 9.55. The van der Waals surface area contributed by atoms with Gasteiger partial charge in [-0.2, -0.15) is 8.42 Å². The predicted molar refractivity (Wildman–Crippen MR) is 121 cm³/mol. The Morgan fingerprint density at radius 3 is 2.69 bits per heavy atom. The molecule has 0 saturated heterocycles. The summed E-state index contributed by atoms with van der Waals surface area (Å²) < 4.78 is 37.2. The van der Waals surface area contributed by atoms with Crippen molar-refractivity contribution in [2.45, 2.75) is 64.1 Å². The summed E-state index contributed by atoms with van der Waals surface area (Å²) in [5.74, 6) is 2.54. The standard InChI is InChI=1S/C25H31NO5S/c1-25-14-13-21-20-10-8-19(30-16-17-5-3-2-4-6-17)15-18(20)7-9-22(21)23(25)11-12-24(25)31-26-32(27,28)29/h2-6,8,10,15,21-24,26H,7,9,11-14,16H2,1H3,(H,27,28,29)/t21-,22-,23+,24-,25+/m1/s1. The van der Waals surface area contributed by atoms with E-state index >= 15 is 0 Å². The molecule has 32 heavy (non-hydrogen) atoms. The summed E-state index contributed by atoms with van der Waals surface area (Å²) >= 11 is 0. The number of hydrogen-bond donors (Lipinski definition) is 2. The lowest BCUT2D eigenvalue weighted by Crippen LogP contribution is -2.46. The monoisotopic (exact) mass is 457 g/mol. The average Bonchev–Trinajstić information content (AvgIpc) is 3.12. The Morgan fingerprint density at radius 1 is 1.09 bits per heavy atom. The summed E-state index contributed by atoms with van der Waals surface area (Å²) in [5.41, 5.74) is 3.95. The molecule has 2 saturated carbocycles. The van der Waals surface area contributed by atoms with Crippen LogP contribution in [0.25, 0.3) is 0 Å². The largest absolute Gasteiger partial charge is 0.489 e. The molecule has 3 aliphatic carbocycles. The molecule has 0 radical (unpaired) electrons. The van der Waals surface area contributed by atoms with Crippen LogP contribution in [0.2, 0.25) is 0 Å². The van der Waals surface area contributed by atoms with Crippen LogP contribution in [-0.2, 0) is 28.2 Å². The summed E-state index contributed by atoms with van der Waals surface area (Å²) in [5, 5.41) is 0. The van der Waals surface area contributed by atoms with E-state index in [1.54, 1.807) is 0 Å². The van der Waals surface area contributed by atoms with Crippen molar-refractivity contribution in [1.82, 2.24) is 4.89 Å². The molecular formula is C25H31NO5S. The average molecular weight is 458 g/mol. The summed E-state index contributed by atoms with van der Waals surface area (Å²) in [6.45, 7) is 2.80. The zero-order valence-corrected chi connectivity index (χ0v) is 19.2. The highest BCUT2D eigenvalue weighted by molar-refractivity contribution is 7.83. The van der Waals surface area contributed by atoms with Crippen molar-refractivity contribution in [3.05, 3.63) is 65.2 Å². The minimum atomic E-state index is -4.35. The maximum Gasteiger partial charge on any atom is 0.355 e. The third kappa shape index (κ3) is 4.19. The molecule has 7 heteroatoms. The molecule has 6 nitrogen and oxygen atoms in total. The van der Waals surface area contributed by atoms with Crippen molar-refractivity contribution in [2.24, 2.45) is 17.3 Å². The summed E-state index contributed by atoms with van der Waals surface area (Å²) in [6.07, 6.45) is 5.88. The molecule has 0 unspecified atom stereocenters. The van der Waals surface area contributed by atoms with E-state index in [0.29, 0.717) is 24.4 Å². The fourth-order valence-electron chi connectivity index (χ4n) is 6.65. The zero-order valence-electron chi connectivity index (χ0n) is 18.4. The molecule has 0 aromatic heterocycles. The fourth-order valence-corrected chi connectivity index (χ4v) is 6.89. The molecule has 2 aromatic rings. The normalized spacial score (nSPS) is 31.4. The molecule has 2 N–H and O–H groups in total. The molecule has 3 aliphatic rings. The van der Waals surface area contributed by atoms with Crippen LogP contribution in [0, 0.1) is 17.3 Å². The molecule has 0 bridgehead atoms. The van der Waals surface area contributed by atoms with Crippen LogP contribution < -0.4 is 9.62 Å². The quantitative estimate of drug-likeness (QED) is 0.480. The van der Waals surface area contributed by atoms with Gasteiger partial charge < -0.3 is 4.74 Å². The van der Waals surface area contributed by atoms with Gasteiger partial charge in [0.1, 0.15) is 12.4 Å². The van der Waals surface area contributed by atoms with Crippen molar-refractivity contribution in [3.8, 4) is 5.75 Å². The van der Waals surface area contributed by atoms with Gasteiger partial charge in [0, 0.05) is 0 Å². The number of hydrogen-bond acceptors (Lipinski definition) is 4. The number of fused-ring (bicyclic) bond motifs is 5. The first-order valence-electron chi connectivity index (χ1n) is 11.5. The number of rotatable bonds is 6. The van der Waals surface area contributed by atoms with Crippen LogP contribution >= 0.6 is 0 Å². The second-order valence-corrected chi connectivity index (χ2v) is 11.0. The lowest BCUT2D eigenvalue weighted by molar-refractivity contribution is -0.0844. The molecule has 0 amide bonds. The molecule has 2 aromatic carbocycles. The Labute approximate surface area is 190 Å². The molecule has 0 aliphatic heterocycles. The van der Waals surface area contributed by atoms with Gasteiger partial charge in [0.25, 0.3) is 0 Å². The number of ether oxygens (including phenoxy) is 1. The van der Waals surface area contributed by atoms with E-state index in [-0.39, 0.29) is 11.5 Å². The van der Waals surface area contributed by atoms with E-state index in [1.165, 1.54) is 16.7 Å². The Balaban J connectivity index is 1.29. The van der Waals surface area contributed by atoms with Crippen molar-refractivity contribution in [2.75, 3.05) is 0 Å². The minimum Gasteiger partial charge on any atom is -0.489 e. The highest BCUT2D eigenvalue weighted by Crippen LogP contribution is 2.61. The van der Waals surface area contributed by atoms with E-state index in [2.05, 4.69) is 37.3 Å². The molecule has 5 atom stereocenters. The fraction of sp³-hybridized carbons (Fsp3) is 0.520. The number of nitrogens with one attached hydrogen (secondary N) is 1. The molecule has 0 heterocycles. The second kappa shape index (κ2) is 8.45. The molecule has 2 fully saturated rings.